The van der Waals surface area contributed by atoms with Gasteiger partial charge < -0.3 is 20.0 Å². The molecule has 0 aliphatic carbocycles. The van der Waals surface area contributed by atoms with Crippen molar-refractivity contribution >= 4 is 11.9 Å². The van der Waals surface area contributed by atoms with Crippen molar-refractivity contribution in [1.82, 2.24) is 15.5 Å². The molecular formula is C18H24N4O2. The van der Waals surface area contributed by atoms with Gasteiger partial charge in [0.25, 0.3) is 0 Å². The lowest BCUT2D eigenvalue weighted by Crippen LogP contribution is -2.43. The van der Waals surface area contributed by atoms with Gasteiger partial charge in [0.2, 0.25) is 5.91 Å². The van der Waals surface area contributed by atoms with Gasteiger partial charge in [0.15, 0.2) is 5.96 Å². The minimum atomic E-state index is -0.115. The fourth-order valence-electron chi connectivity index (χ4n) is 2.25. The van der Waals surface area contributed by atoms with Crippen molar-refractivity contribution in [1.29, 1.82) is 0 Å². The first-order valence-electron chi connectivity index (χ1n) is 7.85. The van der Waals surface area contributed by atoms with Crippen molar-refractivity contribution in [3.05, 3.63) is 59.5 Å². The highest BCUT2D eigenvalue weighted by Gasteiger charge is 2.09. The third-order valence-electron chi connectivity index (χ3n) is 3.56. The Bertz CT molecular complexity index is 663. The van der Waals surface area contributed by atoms with Gasteiger partial charge in [-0.15, -0.1) is 0 Å². The molecule has 1 aromatic carbocycles. The fourth-order valence-corrected chi connectivity index (χ4v) is 2.25. The van der Waals surface area contributed by atoms with Gasteiger partial charge >= 0.3 is 0 Å². The predicted octanol–water partition coefficient (Wildman–Crippen LogP) is 1.91. The molecular weight excluding hydrogens is 304 g/mol. The summed E-state index contributed by atoms with van der Waals surface area (Å²) in [5, 5.41) is 5.85. The maximum atomic E-state index is 11.9. The zero-order chi connectivity index (χ0) is 17.4. The molecule has 0 spiro atoms. The Morgan fingerprint density at radius 2 is 1.96 bits per heavy atom. The first-order valence-corrected chi connectivity index (χ1v) is 7.85. The molecule has 0 atom stereocenters. The number of nitrogens with zero attached hydrogens (tertiary/aromatic N) is 2. The van der Waals surface area contributed by atoms with Crippen LogP contribution in [0.3, 0.4) is 0 Å². The van der Waals surface area contributed by atoms with E-state index in [4.69, 9.17) is 4.42 Å². The number of amides is 1. The highest BCUT2D eigenvalue weighted by Crippen LogP contribution is 2.06. The van der Waals surface area contributed by atoms with Gasteiger partial charge in [-0.2, -0.15) is 0 Å². The Labute approximate surface area is 142 Å². The molecule has 24 heavy (non-hydrogen) atoms. The van der Waals surface area contributed by atoms with Crippen LogP contribution in [0.25, 0.3) is 0 Å². The number of benzene rings is 1. The summed E-state index contributed by atoms with van der Waals surface area (Å²) < 4.78 is 5.18. The van der Waals surface area contributed by atoms with Crippen molar-refractivity contribution in [2.75, 3.05) is 20.6 Å². The Balaban J connectivity index is 1.78. The zero-order valence-electron chi connectivity index (χ0n) is 14.4. The summed E-state index contributed by atoms with van der Waals surface area (Å²) in [6.45, 7) is 3.32. The summed E-state index contributed by atoms with van der Waals surface area (Å²) >= 11 is 0. The molecule has 2 rings (SSSR count). The molecule has 0 bridgehead atoms. The molecule has 0 aliphatic heterocycles. The van der Waals surface area contributed by atoms with Crippen molar-refractivity contribution in [3.63, 3.8) is 0 Å². The molecule has 2 N–H and O–H groups in total. The Morgan fingerprint density at radius 3 is 2.58 bits per heavy atom. The lowest BCUT2D eigenvalue weighted by molar-refractivity contribution is -0.120. The number of aryl methyl sites for hydroxylation is 1. The number of furan rings is 1. The molecule has 0 unspecified atom stereocenters. The maximum absolute atomic E-state index is 11.9. The van der Waals surface area contributed by atoms with Gasteiger partial charge in [0.05, 0.1) is 19.4 Å². The van der Waals surface area contributed by atoms with E-state index in [2.05, 4.69) is 46.8 Å². The first-order chi connectivity index (χ1) is 11.6. The number of carbonyl (C=O) groups excluding carboxylic acids is 1. The molecule has 0 fully saturated rings. The monoisotopic (exact) mass is 328 g/mol. The van der Waals surface area contributed by atoms with E-state index in [1.165, 1.54) is 11.1 Å². The first kappa shape index (κ1) is 17.6. The number of rotatable bonds is 6. The molecule has 0 saturated carbocycles. The van der Waals surface area contributed by atoms with Gasteiger partial charge in [0.1, 0.15) is 5.76 Å². The molecule has 1 amide bonds. The molecule has 0 saturated heterocycles. The third kappa shape index (κ3) is 5.46. The van der Waals surface area contributed by atoms with Crippen LogP contribution in [-0.2, 0) is 17.9 Å². The predicted molar refractivity (Wildman–Crippen MR) is 94.6 cm³/mol. The van der Waals surface area contributed by atoms with Crippen LogP contribution < -0.4 is 10.6 Å². The van der Waals surface area contributed by atoms with Crippen LogP contribution in [0.15, 0.2) is 52.1 Å². The van der Waals surface area contributed by atoms with Crippen LogP contribution in [0.2, 0.25) is 0 Å². The minimum absolute atomic E-state index is 0.115. The Kier molecular flexibility index (Phi) is 6.42. The van der Waals surface area contributed by atoms with E-state index in [-0.39, 0.29) is 12.5 Å². The van der Waals surface area contributed by atoms with Gasteiger partial charge in [-0.25, -0.2) is 0 Å². The summed E-state index contributed by atoms with van der Waals surface area (Å²) in [7, 11) is 3.64. The average molecular weight is 328 g/mol. The van der Waals surface area contributed by atoms with Gasteiger partial charge in [0, 0.05) is 20.6 Å². The SMILES string of the molecule is CN=C(NCC(=O)NCc1ccco1)N(C)Cc1ccc(C)cc1. The van der Waals surface area contributed by atoms with Gasteiger partial charge in [-0.1, -0.05) is 29.8 Å². The quantitative estimate of drug-likeness (QED) is 0.628. The van der Waals surface area contributed by atoms with E-state index >= 15 is 0 Å². The van der Waals surface area contributed by atoms with Crippen LogP contribution >= 0.6 is 0 Å². The molecule has 0 radical (unpaired) electrons. The molecule has 128 valence electrons. The third-order valence-corrected chi connectivity index (χ3v) is 3.56. The summed E-state index contributed by atoms with van der Waals surface area (Å²) in [6, 6.07) is 12.0. The summed E-state index contributed by atoms with van der Waals surface area (Å²) in [5.41, 5.74) is 2.42. The maximum Gasteiger partial charge on any atom is 0.239 e. The average Bonchev–Trinajstić information content (AvgIpc) is 3.09. The van der Waals surface area contributed by atoms with Crippen LogP contribution in [0, 0.1) is 6.92 Å². The van der Waals surface area contributed by atoms with E-state index in [0.29, 0.717) is 19.0 Å². The van der Waals surface area contributed by atoms with Crippen LogP contribution in [0.5, 0.6) is 0 Å². The number of nitrogens with one attached hydrogen (secondary N) is 2. The molecule has 1 heterocycles. The summed E-state index contributed by atoms with van der Waals surface area (Å²) in [6.07, 6.45) is 1.58. The number of guanidine groups is 1. The molecule has 0 aliphatic rings. The van der Waals surface area contributed by atoms with E-state index in [1.807, 2.05) is 18.0 Å². The van der Waals surface area contributed by atoms with Crippen LogP contribution in [0.4, 0.5) is 0 Å². The number of carbonyl (C=O) groups is 1. The molecule has 6 nitrogen and oxygen atoms in total. The smallest absolute Gasteiger partial charge is 0.239 e. The second-order valence-electron chi connectivity index (χ2n) is 5.60. The minimum Gasteiger partial charge on any atom is -0.467 e. The van der Waals surface area contributed by atoms with Crippen molar-refractivity contribution in [2.45, 2.75) is 20.0 Å². The summed E-state index contributed by atoms with van der Waals surface area (Å²) in [4.78, 5) is 18.1. The summed E-state index contributed by atoms with van der Waals surface area (Å²) in [5.74, 6) is 1.28. The fraction of sp³-hybridized carbons (Fsp3) is 0.333. The normalized spacial score (nSPS) is 11.2. The second-order valence-corrected chi connectivity index (χ2v) is 5.60. The number of hydrogen-bond acceptors (Lipinski definition) is 3. The van der Waals surface area contributed by atoms with Crippen LogP contribution in [-0.4, -0.2) is 37.4 Å². The standard InChI is InChI=1S/C18H24N4O2/c1-14-6-8-15(9-7-14)13-22(3)18(19-2)21-12-17(23)20-11-16-5-4-10-24-16/h4-10H,11-13H2,1-3H3,(H,19,21)(H,20,23). The van der Waals surface area contributed by atoms with Crippen molar-refractivity contribution in [3.8, 4) is 0 Å². The van der Waals surface area contributed by atoms with Gasteiger partial charge in [-0.05, 0) is 24.6 Å². The lowest BCUT2D eigenvalue weighted by atomic mass is 10.1. The van der Waals surface area contributed by atoms with Crippen molar-refractivity contribution < 1.29 is 9.21 Å². The largest absolute Gasteiger partial charge is 0.467 e. The molecule has 2 aromatic rings. The zero-order valence-corrected chi connectivity index (χ0v) is 14.4. The number of aliphatic imine (C=N–C) groups is 1. The van der Waals surface area contributed by atoms with E-state index in [1.54, 1.807) is 19.4 Å². The second kappa shape index (κ2) is 8.76. The van der Waals surface area contributed by atoms with Gasteiger partial charge in [-0.3, -0.25) is 9.79 Å². The lowest BCUT2D eigenvalue weighted by Gasteiger charge is -2.22. The van der Waals surface area contributed by atoms with Crippen LogP contribution in [0.1, 0.15) is 16.9 Å². The highest BCUT2D eigenvalue weighted by atomic mass is 16.3. The van der Waals surface area contributed by atoms with E-state index in [9.17, 15) is 4.79 Å². The highest BCUT2D eigenvalue weighted by molar-refractivity contribution is 5.86. The Hall–Kier alpha value is -2.76. The number of hydrogen-bond donors (Lipinski definition) is 2. The van der Waals surface area contributed by atoms with E-state index < -0.39 is 0 Å². The van der Waals surface area contributed by atoms with Crippen molar-refractivity contribution in [2.24, 2.45) is 4.99 Å². The Morgan fingerprint density at radius 1 is 1.21 bits per heavy atom. The van der Waals surface area contributed by atoms with E-state index in [0.717, 1.165) is 5.76 Å². The molecule has 6 heteroatoms. The molecule has 1 aromatic heterocycles. The topological polar surface area (TPSA) is 69.9 Å².